The molecule has 158 valence electrons. The van der Waals surface area contributed by atoms with Crippen LogP contribution in [0.4, 0.5) is 0 Å². The lowest BCUT2D eigenvalue weighted by molar-refractivity contribution is 0.214. The van der Waals surface area contributed by atoms with E-state index in [0.29, 0.717) is 11.7 Å². The molecule has 2 aliphatic rings. The van der Waals surface area contributed by atoms with Crippen molar-refractivity contribution in [3.8, 4) is 11.5 Å². The molecule has 0 bridgehead atoms. The maximum Gasteiger partial charge on any atom is 0.119 e. The second kappa shape index (κ2) is 9.99. The van der Waals surface area contributed by atoms with E-state index in [0.717, 1.165) is 30.9 Å². The van der Waals surface area contributed by atoms with E-state index < -0.39 is 0 Å². The molecule has 1 unspecified atom stereocenters. The highest BCUT2D eigenvalue weighted by Gasteiger charge is 2.22. The van der Waals surface area contributed by atoms with Crippen LogP contribution in [-0.4, -0.2) is 36.2 Å². The third-order valence-corrected chi connectivity index (χ3v) is 6.33. The van der Waals surface area contributed by atoms with Gasteiger partial charge in [-0.2, -0.15) is 0 Å². The molecule has 0 radical (unpaired) electrons. The van der Waals surface area contributed by atoms with E-state index in [1.807, 2.05) is 12.1 Å². The molecule has 0 spiro atoms. The molecule has 1 N–H and O–H groups in total. The number of phenolic OH excluding ortho intramolecular Hbond substituents is 1. The van der Waals surface area contributed by atoms with Crippen molar-refractivity contribution < 1.29 is 9.84 Å². The number of ether oxygens (including phenoxy) is 1. The van der Waals surface area contributed by atoms with Crippen LogP contribution in [0.2, 0.25) is 0 Å². The maximum atomic E-state index is 9.95. The smallest absolute Gasteiger partial charge is 0.119 e. The first kappa shape index (κ1) is 20.7. The fraction of sp³-hybridized carbons (Fsp3) is 0.407. The Morgan fingerprint density at radius 3 is 2.50 bits per heavy atom. The minimum Gasteiger partial charge on any atom is -0.508 e. The highest BCUT2D eigenvalue weighted by molar-refractivity contribution is 5.77. The molecule has 0 saturated carbocycles. The third-order valence-electron chi connectivity index (χ3n) is 6.33. The van der Waals surface area contributed by atoms with Crippen molar-refractivity contribution >= 4 is 5.57 Å². The summed E-state index contributed by atoms with van der Waals surface area (Å²) in [5.74, 6) is 1.55. The summed E-state index contributed by atoms with van der Waals surface area (Å²) < 4.78 is 6.04. The SMILES string of the molecule is CC1=C(c2cccc(O)c2)C(c2ccc(OCCN3CCCCCC3)cc2)CC=C1. The van der Waals surface area contributed by atoms with E-state index >= 15 is 0 Å². The fourth-order valence-corrected chi connectivity index (χ4v) is 4.72. The van der Waals surface area contributed by atoms with E-state index in [4.69, 9.17) is 4.74 Å². The first-order valence-electron chi connectivity index (χ1n) is 11.3. The quantitative estimate of drug-likeness (QED) is 0.626. The van der Waals surface area contributed by atoms with Crippen LogP contribution < -0.4 is 4.74 Å². The van der Waals surface area contributed by atoms with Crippen molar-refractivity contribution in [3.63, 3.8) is 0 Å². The number of benzene rings is 2. The Bertz CT molecular complexity index is 889. The zero-order valence-electron chi connectivity index (χ0n) is 18.0. The number of rotatable bonds is 6. The zero-order valence-corrected chi connectivity index (χ0v) is 18.0. The molecule has 1 aliphatic heterocycles. The van der Waals surface area contributed by atoms with Gasteiger partial charge in [-0.05, 0) is 85.8 Å². The van der Waals surface area contributed by atoms with Crippen LogP contribution >= 0.6 is 0 Å². The van der Waals surface area contributed by atoms with Crippen molar-refractivity contribution in [2.75, 3.05) is 26.2 Å². The van der Waals surface area contributed by atoms with E-state index in [1.165, 1.54) is 55.5 Å². The minimum absolute atomic E-state index is 0.294. The monoisotopic (exact) mass is 403 g/mol. The Kier molecular flexibility index (Phi) is 6.91. The van der Waals surface area contributed by atoms with Crippen molar-refractivity contribution in [1.82, 2.24) is 4.90 Å². The predicted molar refractivity (Wildman–Crippen MR) is 124 cm³/mol. The number of hydrogen-bond donors (Lipinski definition) is 1. The molecule has 3 nitrogen and oxygen atoms in total. The number of likely N-dealkylation sites (tertiary alicyclic amines) is 1. The van der Waals surface area contributed by atoms with Crippen LogP contribution in [0, 0.1) is 0 Å². The van der Waals surface area contributed by atoms with Gasteiger partial charge in [0.25, 0.3) is 0 Å². The summed E-state index contributed by atoms with van der Waals surface area (Å²) in [6.45, 7) is 6.34. The second-order valence-corrected chi connectivity index (χ2v) is 8.51. The first-order valence-corrected chi connectivity index (χ1v) is 11.3. The molecule has 30 heavy (non-hydrogen) atoms. The van der Waals surface area contributed by atoms with Crippen molar-refractivity contribution in [2.24, 2.45) is 0 Å². The van der Waals surface area contributed by atoms with Crippen LogP contribution in [0.3, 0.4) is 0 Å². The minimum atomic E-state index is 0.294. The summed E-state index contributed by atoms with van der Waals surface area (Å²) in [6.07, 6.45) is 10.8. The third kappa shape index (κ3) is 5.14. The maximum absolute atomic E-state index is 9.95. The molecule has 1 fully saturated rings. The van der Waals surface area contributed by atoms with Crippen LogP contribution in [0.15, 0.2) is 66.3 Å². The fourth-order valence-electron chi connectivity index (χ4n) is 4.72. The number of hydrogen-bond acceptors (Lipinski definition) is 3. The molecule has 2 aromatic carbocycles. The number of aromatic hydroxyl groups is 1. The Balaban J connectivity index is 1.42. The lowest BCUT2D eigenvalue weighted by atomic mass is 9.79. The molecule has 1 aliphatic carbocycles. The predicted octanol–water partition coefficient (Wildman–Crippen LogP) is 6.16. The highest BCUT2D eigenvalue weighted by atomic mass is 16.5. The molecule has 0 amide bonds. The normalized spacial score (nSPS) is 20.2. The van der Waals surface area contributed by atoms with Gasteiger partial charge in [-0.25, -0.2) is 0 Å². The molecular formula is C27H33NO2. The summed E-state index contributed by atoms with van der Waals surface area (Å²) in [4.78, 5) is 2.53. The lowest BCUT2D eigenvalue weighted by Gasteiger charge is -2.25. The molecule has 0 aromatic heterocycles. The van der Waals surface area contributed by atoms with Gasteiger partial charge < -0.3 is 9.84 Å². The van der Waals surface area contributed by atoms with E-state index in [-0.39, 0.29) is 0 Å². The molecule has 1 atom stereocenters. The average molecular weight is 404 g/mol. The van der Waals surface area contributed by atoms with Gasteiger partial charge in [0.05, 0.1) is 0 Å². The Labute approximate surface area is 180 Å². The lowest BCUT2D eigenvalue weighted by Crippen LogP contribution is -2.29. The summed E-state index contributed by atoms with van der Waals surface area (Å²) in [5.41, 5.74) is 4.94. The van der Waals surface area contributed by atoms with Gasteiger partial charge in [0.2, 0.25) is 0 Å². The molecule has 2 aromatic rings. The van der Waals surface area contributed by atoms with Crippen LogP contribution in [-0.2, 0) is 0 Å². The van der Waals surface area contributed by atoms with E-state index in [2.05, 4.69) is 54.3 Å². The highest BCUT2D eigenvalue weighted by Crippen LogP contribution is 2.41. The summed E-state index contributed by atoms with van der Waals surface area (Å²) in [7, 11) is 0. The number of nitrogens with zero attached hydrogens (tertiary/aromatic N) is 1. The zero-order chi connectivity index (χ0) is 20.8. The van der Waals surface area contributed by atoms with Gasteiger partial charge in [0.15, 0.2) is 0 Å². The van der Waals surface area contributed by atoms with Crippen molar-refractivity contribution in [2.45, 2.75) is 44.9 Å². The van der Waals surface area contributed by atoms with E-state index in [1.54, 1.807) is 6.07 Å². The summed E-state index contributed by atoms with van der Waals surface area (Å²) in [5, 5.41) is 9.95. The van der Waals surface area contributed by atoms with Crippen molar-refractivity contribution in [1.29, 1.82) is 0 Å². The number of allylic oxidation sites excluding steroid dienone is 4. The molecule has 3 heteroatoms. The second-order valence-electron chi connectivity index (χ2n) is 8.51. The molecular weight excluding hydrogens is 370 g/mol. The Morgan fingerprint density at radius 2 is 1.77 bits per heavy atom. The summed E-state index contributed by atoms with van der Waals surface area (Å²) in [6, 6.07) is 16.2. The Hall–Kier alpha value is -2.52. The van der Waals surface area contributed by atoms with Gasteiger partial charge in [-0.1, -0.05) is 49.3 Å². The average Bonchev–Trinajstić information content (AvgIpc) is 3.03. The summed E-state index contributed by atoms with van der Waals surface area (Å²) >= 11 is 0. The molecule has 1 heterocycles. The standard InChI is InChI=1S/C27H33NO2/c1-21-8-6-11-26(27(21)23-9-7-10-24(29)20-23)22-12-14-25(15-13-22)30-19-18-28-16-4-2-3-5-17-28/h6-10,12-15,20,26,29H,2-5,11,16-19H2,1H3. The number of phenols is 1. The van der Waals surface area contributed by atoms with Gasteiger partial charge in [-0.15, -0.1) is 0 Å². The Morgan fingerprint density at radius 1 is 1.00 bits per heavy atom. The topological polar surface area (TPSA) is 32.7 Å². The van der Waals surface area contributed by atoms with Crippen LogP contribution in [0.5, 0.6) is 11.5 Å². The van der Waals surface area contributed by atoms with E-state index in [9.17, 15) is 5.11 Å². The van der Waals surface area contributed by atoms with Gasteiger partial charge in [0.1, 0.15) is 18.1 Å². The first-order chi connectivity index (χ1) is 14.7. The van der Waals surface area contributed by atoms with Gasteiger partial charge in [-0.3, -0.25) is 4.90 Å². The molecule has 4 rings (SSSR count). The van der Waals surface area contributed by atoms with Crippen molar-refractivity contribution in [3.05, 3.63) is 77.4 Å². The van der Waals surface area contributed by atoms with Crippen LogP contribution in [0.25, 0.3) is 5.57 Å². The van der Waals surface area contributed by atoms with Gasteiger partial charge in [0, 0.05) is 12.5 Å². The van der Waals surface area contributed by atoms with Crippen LogP contribution in [0.1, 0.15) is 56.1 Å². The largest absolute Gasteiger partial charge is 0.508 e. The van der Waals surface area contributed by atoms with Gasteiger partial charge >= 0.3 is 0 Å². The molecule has 1 saturated heterocycles.